The normalized spacial score (nSPS) is 50.2. The van der Waals surface area contributed by atoms with Gasteiger partial charge in [-0.2, -0.15) is 0 Å². The van der Waals surface area contributed by atoms with E-state index >= 15 is 0 Å². The van der Waals surface area contributed by atoms with E-state index in [0.717, 1.165) is 37.8 Å². The van der Waals surface area contributed by atoms with Crippen LogP contribution in [0.25, 0.3) is 0 Å². The largest absolute Gasteiger partial charge is 0.393 e. The Kier molecular flexibility index (Phi) is 3.51. The molecule has 24 heavy (non-hydrogen) atoms. The average molecular weight is 331 g/mol. The Hall–Kier alpha value is -1.16. The van der Waals surface area contributed by atoms with E-state index in [0.29, 0.717) is 18.3 Å². The topological polar surface area (TPSA) is 66.4 Å². The molecule has 1 saturated heterocycles. The van der Waals surface area contributed by atoms with E-state index in [1.807, 2.05) is 0 Å². The van der Waals surface area contributed by atoms with Crippen molar-refractivity contribution in [1.82, 2.24) is 5.32 Å². The number of piperidine rings is 1. The summed E-state index contributed by atoms with van der Waals surface area (Å²) in [6.07, 6.45) is 6.89. The fourth-order valence-electron chi connectivity index (χ4n) is 7.00. The van der Waals surface area contributed by atoms with Gasteiger partial charge in [0.25, 0.3) is 0 Å². The second-order valence-corrected chi connectivity index (χ2v) is 9.13. The number of ketones is 1. The Morgan fingerprint density at radius 2 is 2.08 bits per heavy atom. The van der Waals surface area contributed by atoms with Gasteiger partial charge in [-0.1, -0.05) is 19.9 Å². The lowest BCUT2D eigenvalue weighted by molar-refractivity contribution is -0.143. The summed E-state index contributed by atoms with van der Waals surface area (Å²) < 4.78 is 0. The van der Waals surface area contributed by atoms with Gasteiger partial charge in [-0.25, -0.2) is 0 Å². The van der Waals surface area contributed by atoms with Gasteiger partial charge in [-0.15, -0.1) is 0 Å². The number of amides is 1. The van der Waals surface area contributed by atoms with Gasteiger partial charge >= 0.3 is 0 Å². The Labute approximate surface area is 144 Å². The van der Waals surface area contributed by atoms with Crippen molar-refractivity contribution >= 4 is 11.7 Å². The van der Waals surface area contributed by atoms with Crippen LogP contribution < -0.4 is 5.32 Å². The van der Waals surface area contributed by atoms with Crippen LogP contribution in [0.4, 0.5) is 0 Å². The fourth-order valence-corrected chi connectivity index (χ4v) is 7.00. The summed E-state index contributed by atoms with van der Waals surface area (Å²) in [5.41, 5.74) is 0.835. The zero-order valence-corrected chi connectivity index (χ0v) is 15.0. The maximum atomic E-state index is 12.2. The van der Waals surface area contributed by atoms with Crippen molar-refractivity contribution in [2.45, 2.75) is 65.4 Å². The molecule has 0 spiro atoms. The molecule has 1 aliphatic heterocycles. The van der Waals surface area contributed by atoms with Gasteiger partial charge in [0.1, 0.15) is 5.78 Å². The second-order valence-electron chi connectivity index (χ2n) is 9.13. The first-order chi connectivity index (χ1) is 11.3. The molecular weight excluding hydrogens is 302 g/mol. The van der Waals surface area contributed by atoms with Gasteiger partial charge in [-0.05, 0) is 62.2 Å². The van der Waals surface area contributed by atoms with Crippen LogP contribution in [-0.4, -0.2) is 22.9 Å². The molecule has 132 valence electrons. The molecule has 4 nitrogen and oxygen atoms in total. The summed E-state index contributed by atoms with van der Waals surface area (Å²) in [4.78, 5) is 24.0. The first-order valence-electron chi connectivity index (χ1n) is 9.46. The third-order valence-corrected chi connectivity index (χ3v) is 8.03. The quantitative estimate of drug-likeness (QED) is 0.776. The molecule has 2 N–H and O–H groups in total. The molecule has 3 aliphatic carbocycles. The zero-order chi connectivity index (χ0) is 17.3. The van der Waals surface area contributed by atoms with E-state index in [4.69, 9.17) is 0 Å². The van der Waals surface area contributed by atoms with Crippen LogP contribution in [0.1, 0.15) is 59.3 Å². The Balaban J connectivity index is 1.73. The highest BCUT2D eigenvalue weighted by molar-refractivity contribution is 5.80. The summed E-state index contributed by atoms with van der Waals surface area (Å²) in [7, 11) is 0. The van der Waals surface area contributed by atoms with Gasteiger partial charge in [0, 0.05) is 23.5 Å². The van der Waals surface area contributed by atoms with Crippen LogP contribution in [0, 0.1) is 34.5 Å². The minimum Gasteiger partial charge on any atom is -0.393 e. The highest BCUT2D eigenvalue weighted by Gasteiger charge is 2.62. The Morgan fingerprint density at radius 3 is 2.79 bits per heavy atom. The van der Waals surface area contributed by atoms with E-state index in [9.17, 15) is 14.7 Å². The van der Waals surface area contributed by atoms with E-state index in [2.05, 4.69) is 25.2 Å². The average Bonchev–Trinajstić information content (AvgIpc) is 2.84. The Morgan fingerprint density at radius 1 is 1.33 bits per heavy atom. The molecule has 0 radical (unpaired) electrons. The third kappa shape index (κ3) is 2.01. The number of hydrogen-bond donors (Lipinski definition) is 2. The molecule has 3 fully saturated rings. The molecule has 4 rings (SSSR count). The predicted molar refractivity (Wildman–Crippen MR) is 90.8 cm³/mol. The number of fused-ring (bicyclic) bond motifs is 5. The van der Waals surface area contributed by atoms with Gasteiger partial charge in [0.05, 0.1) is 6.10 Å². The summed E-state index contributed by atoms with van der Waals surface area (Å²) in [6, 6.07) is 0. The number of allylic oxidation sites excluding steroid dienone is 2. The smallest absolute Gasteiger partial charge is 0.224 e. The molecule has 0 aromatic rings. The molecule has 0 aromatic carbocycles. The van der Waals surface area contributed by atoms with Gasteiger partial charge in [0.15, 0.2) is 0 Å². The molecule has 0 aromatic heterocycles. The van der Waals surface area contributed by atoms with Crippen molar-refractivity contribution in [2.24, 2.45) is 34.5 Å². The summed E-state index contributed by atoms with van der Waals surface area (Å²) in [6.45, 7) is 6.17. The number of aliphatic hydroxyl groups excluding tert-OH is 1. The second kappa shape index (κ2) is 5.17. The van der Waals surface area contributed by atoms with Crippen molar-refractivity contribution in [3.8, 4) is 0 Å². The van der Waals surface area contributed by atoms with Crippen molar-refractivity contribution in [3.05, 3.63) is 11.8 Å². The molecule has 2 saturated carbocycles. The SMILES string of the molecule is CC(=O)[C@H]1CC[C@H]2[C@@H]3CC=C4NC(=O)CC[C@]4(C)[C@H]3[C@H](O)C[C@]12C. The maximum absolute atomic E-state index is 12.2. The number of Topliss-reactive ketones (excluding diaryl/α,β-unsaturated/α-hetero) is 1. The first-order valence-corrected chi connectivity index (χ1v) is 9.46. The number of nitrogens with one attached hydrogen (secondary N) is 1. The minimum atomic E-state index is -0.389. The van der Waals surface area contributed by atoms with Gasteiger partial charge in [0.2, 0.25) is 5.91 Å². The maximum Gasteiger partial charge on any atom is 0.224 e. The number of carbonyl (C=O) groups is 2. The predicted octanol–water partition coefficient (Wildman–Crippen LogP) is 2.81. The first kappa shape index (κ1) is 16.3. The summed E-state index contributed by atoms with van der Waals surface area (Å²) >= 11 is 0. The number of carbonyl (C=O) groups excluding carboxylic acids is 2. The van der Waals surface area contributed by atoms with Crippen molar-refractivity contribution in [2.75, 3.05) is 0 Å². The highest BCUT2D eigenvalue weighted by atomic mass is 16.3. The summed E-state index contributed by atoms with van der Waals surface area (Å²) in [5.74, 6) is 1.61. The molecule has 1 amide bonds. The molecule has 0 bridgehead atoms. The van der Waals surface area contributed by atoms with Crippen LogP contribution in [0.2, 0.25) is 0 Å². The lowest BCUT2D eigenvalue weighted by atomic mass is 9.48. The molecule has 1 heterocycles. The molecule has 0 unspecified atom stereocenters. The molecule has 4 aliphatic rings. The zero-order valence-electron chi connectivity index (χ0n) is 15.0. The number of aliphatic hydroxyl groups is 1. The molecule has 7 atom stereocenters. The Bertz CT molecular complexity index is 626. The van der Waals surface area contributed by atoms with Crippen LogP contribution in [0.3, 0.4) is 0 Å². The monoisotopic (exact) mass is 331 g/mol. The fraction of sp³-hybridized carbons (Fsp3) is 0.800. The van der Waals surface area contributed by atoms with E-state index in [1.54, 1.807) is 6.92 Å². The van der Waals surface area contributed by atoms with Crippen molar-refractivity contribution in [1.29, 1.82) is 0 Å². The van der Waals surface area contributed by atoms with Crippen molar-refractivity contribution in [3.63, 3.8) is 0 Å². The van der Waals surface area contributed by atoms with Crippen LogP contribution in [0.15, 0.2) is 11.8 Å². The number of hydrogen-bond acceptors (Lipinski definition) is 3. The van der Waals surface area contributed by atoms with E-state index in [-0.39, 0.29) is 40.5 Å². The lowest BCUT2D eigenvalue weighted by Crippen LogP contribution is -2.58. The summed E-state index contributed by atoms with van der Waals surface area (Å²) in [5, 5.41) is 14.2. The molecule has 4 heteroatoms. The van der Waals surface area contributed by atoms with Crippen molar-refractivity contribution < 1.29 is 14.7 Å². The van der Waals surface area contributed by atoms with Gasteiger partial charge in [-0.3, -0.25) is 9.59 Å². The van der Waals surface area contributed by atoms with Crippen LogP contribution >= 0.6 is 0 Å². The molecular formula is C20H29NO3. The lowest BCUT2D eigenvalue weighted by Gasteiger charge is -2.58. The van der Waals surface area contributed by atoms with Crippen LogP contribution in [0.5, 0.6) is 0 Å². The van der Waals surface area contributed by atoms with E-state index < -0.39 is 0 Å². The van der Waals surface area contributed by atoms with Crippen LogP contribution in [-0.2, 0) is 9.59 Å². The van der Waals surface area contributed by atoms with Gasteiger partial charge < -0.3 is 10.4 Å². The standard InChI is InChI=1S/C20H29NO3/c1-11(22)13-5-6-14-12-4-7-16-19(2,9-8-17(24)21-16)18(12)15(23)10-20(13,14)3/h7,12-15,18,23H,4-6,8-10H2,1-3H3,(H,21,24)/t12-,13+,14-,15+,18+,19-,20+/m0/s1. The van der Waals surface area contributed by atoms with E-state index in [1.165, 1.54) is 0 Å². The minimum absolute atomic E-state index is 0.0635. The third-order valence-electron chi connectivity index (χ3n) is 8.03. The highest BCUT2D eigenvalue weighted by Crippen LogP contribution is 2.65. The number of rotatable bonds is 1.